The molecule has 0 amide bonds. The van der Waals surface area contributed by atoms with Crippen LogP contribution in [0.1, 0.15) is 46.5 Å². The molecule has 0 aromatic carbocycles. The fraction of sp³-hybridized carbons (Fsp3) is 0.600. The van der Waals surface area contributed by atoms with Crippen molar-refractivity contribution in [3.63, 3.8) is 0 Å². The van der Waals surface area contributed by atoms with Crippen LogP contribution in [0.4, 0.5) is 0 Å². The van der Waals surface area contributed by atoms with Crippen LogP contribution in [-0.2, 0) is 33.4 Å². The van der Waals surface area contributed by atoms with Crippen molar-refractivity contribution in [1.82, 2.24) is 0 Å². The summed E-state index contributed by atoms with van der Waals surface area (Å²) < 4.78 is 15.0. The van der Waals surface area contributed by atoms with Gasteiger partial charge in [-0.1, -0.05) is 12.0 Å². The molecular formula is C20H26O7. The summed E-state index contributed by atoms with van der Waals surface area (Å²) >= 11 is 0. The van der Waals surface area contributed by atoms with Crippen LogP contribution in [0.15, 0.2) is 12.2 Å². The van der Waals surface area contributed by atoms with E-state index in [-0.39, 0.29) is 44.4 Å². The quantitative estimate of drug-likeness (QED) is 0.209. The molecule has 0 aliphatic heterocycles. The second kappa shape index (κ2) is 11.2. The van der Waals surface area contributed by atoms with Crippen LogP contribution in [-0.4, -0.2) is 43.5 Å². The number of carbonyl (C=O) groups excluding carboxylic acids is 4. The summed E-state index contributed by atoms with van der Waals surface area (Å²) in [6.45, 7) is 5.27. The van der Waals surface area contributed by atoms with Crippen molar-refractivity contribution in [2.45, 2.75) is 46.5 Å². The van der Waals surface area contributed by atoms with Crippen LogP contribution in [0.5, 0.6) is 0 Å². The number of allylic oxidation sites excluding steroid dienone is 2. The van der Waals surface area contributed by atoms with Gasteiger partial charge < -0.3 is 14.2 Å². The minimum atomic E-state index is -1.67. The van der Waals surface area contributed by atoms with E-state index in [1.807, 2.05) is 0 Å². The molecule has 0 spiro atoms. The predicted molar refractivity (Wildman–Crippen MR) is 96.2 cm³/mol. The van der Waals surface area contributed by atoms with Gasteiger partial charge in [0.2, 0.25) is 0 Å². The molecule has 0 aromatic heterocycles. The highest BCUT2D eigenvalue weighted by Crippen LogP contribution is 2.37. The van der Waals surface area contributed by atoms with Gasteiger partial charge in [0.05, 0.1) is 19.8 Å². The Bertz CT molecular complexity index is 633. The maximum atomic E-state index is 12.7. The minimum absolute atomic E-state index is 0.00576. The molecule has 0 radical (unpaired) electrons. The first-order valence-corrected chi connectivity index (χ1v) is 9.10. The van der Waals surface area contributed by atoms with Crippen LogP contribution in [0.25, 0.3) is 0 Å². The Labute approximate surface area is 159 Å². The van der Waals surface area contributed by atoms with Gasteiger partial charge in [0.25, 0.3) is 0 Å². The Morgan fingerprint density at radius 3 is 2.15 bits per heavy atom. The van der Waals surface area contributed by atoms with Crippen molar-refractivity contribution in [1.29, 1.82) is 0 Å². The summed E-state index contributed by atoms with van der Waals surface area (Å²) in [6.07, 6.45) is 3.86. The number of hydrogen-bond acceptors (Lipinski definition) is 7. The van der Waals surface area contributed by atoms with Gasteiger partial charge in [-0.25, -0.2) is 4.79 Å². The molecule has 1 unspecified atom stereocenters. The second-order valence-electron chi connectivity index (χ2n) is 6.05. The Morgan fingerprint density at radius 1 is 1.07 bits per heavy atom. The third-order valence-electron chi connectivity index (χ3n) is 4.11. The van der Waals surface area contributed by atoms with Gasteiger partial charge in [-0.3, -0.25) is 14.4 Å². The van der Waals surface area contributed by atoms with Gasteiger partial charge in [0.1, 0.15) is 0 Å². The number of hydrogen-bond donors (Lipinski definition) is 0. The first kappa shape index (κ1) is 22.4. The average molecular weight is 378 g/mol. The summed E-state index contributed by atoms with van der Waals surface area (Å²) in [5.41, 5.74) is -1.67. The van der Waals surface area contributed by atoms with Gasteiger partial charge >= 0.3 is 17.9 Å². The molecule has 0 aromatic rings. The molecule has 7 nitrogen and oxygen atoms in total. The lowest BCUT2D eigenvalue weighted by molar-refractivity contribution is -0.173. The molecule has 1 rings (SSSR count). The number of ketones is 1. The third-order valence-corrected chi connectivity index (χ3v) is 4.11. The third kappa shape index (κ3) is 6.55. The number of esters is 3. The van der Waals surface area contributed by atoms with Gasteiger partial charge in [-0.15, -0.1) is 0 Å². The standard InChI is InChI=1S/C20H26O7/c1-4-25-17(22)8-7-13-20(18(23)26-5-2,19(24)27-6-3)14-15-9-11-16(21)12-10-15/h9,11,15H,4-6,10,12-14H2,1-3H3. The Hall–Kier alpha value is -2.62. The zero-order valence-electron chi connectivity index (χ0n) is 16.0. The maximum Gasteiger partial charge on any atom is 0.384 e. The van der Waals surface area contributed by atoms with Crippen molar-refractivity contribution >= 4 is 23.7 Å². The van der Waals surface area contributed by atoms with E-state index in [0.29, 0.717) is 12.8 Å². The molecule has 7 heteroatoms. The van der Waals surface area contributed by atoms with Crippen LogP contribution in [0, 0.1) is 23.2 Å². The van der Waals surface area contributed by atoms with E-state index in [9.17, 15) is 19.2 Å². The van der Waals surface area contributed by atoms with E-state index in [2.05, 4.69) is 11.8 Å². The largest absolute Gasteiger partial charge is 0.465 e. The molecule has 27 heavy (non-hydrogen) atoms. The van der Waals surface area contributed by atoms with Crippen molar-refractivity contribution in [3.8, 4) is 11.8 Å². The summed E-state index contributed by atoms with van der Waals surface area (Å²) in [7, 11) is 0. The van der Waals surface area contributed by atoms with Gasteiger partial charge in [0, 0.05) is 18.8 Å². The summed E-state index contributed by atoms with van der Waals surface area (Å²) in [4.78, 5) is 48.3. The molecule has 0 N–H and O–H groups in total. The normalized spacial score (nSPS) is 16.1. The molecular weight excluding hydrogens is 352 g/mol. The molecule has 0 heterocycles. The van der Waals surface area contributed by atoms with Gasteiger partial charge in [-0.2, -0.15) is 0 Å². The summed E-state index contributed by atoms with van der Waals surface area (Å²) in [5, 5.41) is 0. The minimum Gasteiger partial charge on any atom is -0.465 e. The van der Waals surface area contributed by atoms with E-state index in [4.69, 9.17) is 14.2 Å². The van der Waals surface area contributed by atoms with Crippen LogP contribution >= 0.6 is 0 Å². The monoisotopic (exact) mass is 378 g/mol. The average Bonchev–Trinajstić information content (AvgIpc) is 2.63. The summed E-state index contributed by atoms with van der Waals surface area (Å²) in [5.74, 6) is 2.45. The molecule has 148 valence electrons. The second-order valence-corrected chi connectivity index (χ2v) is 6.05. The number of rotatable bonds is 8. The first-order valence-electron chi connectivity index (χ1n) is 9.10. The van der Waals surface area contributed by atoms with E-state index in [1.54, 1.807) is 26.8 Å². The lowest BCUT2D eigenvalue weighted by Gasteiger charge is -2.30. The van der Waals surface area contributed by atoms with E-state index >= 15 is 0 Å². The summed E-state index contributed by atoms with van der Waals surface area (Å²) in [6, 6.07) is 0. The Balaban J connectivity index is 3.19. The number of carbonyl (C=O) groups is 4. The van der Waals surface area contributed by atoms with Crippen LogP contribution in [0.3, 0.4) is 0 Å². The van der Waals surface area contributed by atoms with Crippen LogP contribution in [0.2, 0.25) is 0 Å². The predicted octanol–water partition coefficient (Wildman–Crippen LogP) is 1.98. The highest BCUT2D eigenvalue weighted by molar-refractivity contribution is 6.01. The molecule has 0 saturated heterocycles. The fourth-order valence-electron chi connectivity index (χ4n) is 2.81. The molecule has 1 aliphatic rings. The molecule has 1 aliphatic carbocycles. The van der Waals surface area contributed by atoms with Crippen molar-refractivity contribution in [2.24, 2.45) is 11.3 Å². The van der Waals surface area contributed by atoms with Crippen molar-refractivity contribution in [3.05, 3.63) is 12.2 Å². The lowest BCUT2D eigenvalue weighted by atomic mass is 9.74. The van der Waals surface area contributed by atoms with Crippen LogP contribution < -0.4 is 0 Å². The lowest BCUT2D eigenvalue weighted by Crippen LogP contribution is -2.43. The van der Waals surface area contributed by atoms with E-state index in [0.717, 1.165) is 0 Å². The van der Waals surface area contributed by atoms with Crippen molar-refractivity contribution < 1.29 is 33.4 Å². The fourth-order valence-corrected chi connectivity index (χ4v) is 2.81. The van der Waals surface area contributed by atoms with E-state index in [1.165, 1.54) is 6.08 Å². The van der Waals surface area contributed by atoms with E-state index < -0.39 is 23.3 Å². The number of ether oxygens (including phenoxy) is 3. The Morgan fingerprint density at radius 2 is 1.67 bits per heavy atom. The highest BCUT2D eigenvalue weighted by atomic mass is 16.6. The van der Waals surface area contributed by atoms with Gasteiger partial charge in [0.15, 0.2) is 11.2 Å². The first-order chi connectivity index (χ1) is 12.9. The van der Waals surface area contributed by atoms with Crippen molar-refractivity contribution in [2.75, 3.05) is 19.8 Å². The molecule has 0 fully saturated rings. The highest BCUT2D eigenvalue weighted by Gasteiger charge is 2.49. The zero-order valence-corrected chi connectivity index (χ0v) is 16.0. The Kier molecular flexibility index (Phi) is 9.27. The molecule has 1 atom stereocenters. The molecule has 0 bridgehead atoms. The van der Waals surface area contributed by atoms with Gasteiger partial charge in [-0.05, 0) is 45.6 Å². The smallest absolute Gasteiger partial charge is 0.384 e. The topological polar surface area (TPSA) is 96.0 Å². The zero-order chi connectivity index (χ0) is 20.3. The maximum absolute atomic E-state index is 12.7. The molecule has 0 saturated carbocycles. The SMILES string of the molecule is CCOC(=O)C#CCC(CC1C=CC(=O)CC1)(C(=O)OCC)C(=O)OCC.